The molecule has 0 aliphatic rings. The van der Waals surface area contributed by atoms with E-state index in [4.69, 9.17) is 5.26 Å². The van der Waals surface area contributed by atoms with Gasteiger partial charge in [0.1, 0.15) is 5.49 Å². The van der Waals surface area contributed by atoms with Crippen molar-refractivity contribution in [2.45, 2.75) is 13.5 Å². The topological polar surface area (TPSA) is 58.1 Å². The Morgan fingerprint density at radius 2 is 1.88 bits per heavy atom. The molecule has 4 heteroatoms. The van der Waals surface area contributed by atoms with Crippen LogP contribution in [0.2, 0.25) is 0 Å². The zero-order chi connectivity index (χ0) is 17.6. The highest BCUT2D eigenvalue weighted by Gasteiger charge is 2.05. The zero-order valence-electron chi connectivity index (χ0n) is 13.9. The van der Waals surface area contributed by atoms with E-state index in [1.807, 2.05) is 35.9 Å². The first-order chi connectivity index (χ1) is 12.2. The Bertz CT molecular complexity index is 1010. The van der Waals surface area contributed by atoms with Crippen LogP contribution in [0.25, 0.3) is 0 Å². The molecule has 0 fully saturated rings. The number of pyridine rings is 1. The minimum absolute atomic E-state index is 0.360. The number of hydrogen-bond donors (Lipinski definition) is 0. The molecule has 0 bridgehead atoms. The molecule has 0 saturated heterocycles. The van der Waals surface area contributed by atoms with Crippen LogP contribution in [0.15, 0.2) is 77.9 Å². The predicted molar refractivity (Wildman–Crippen MR) is 95.8 cm³/mol. The van der Waals surface area contributed by atoms with Crippen LogP contribution in [0.5, 0.6) is 0 Å². The van der Waals surface area contributed by atoms with Crippen LogP contribution in [0.4, 0.5) is 0 Å². The molecule has 2 aromatic carbocycles. The molecule has 25 heavy (non-hydrogen) atoms. The van der Waals surface area contributed by atoms with Crippen LogP contribution in [0.3, 0.4) is 0 Å². The first-order valence-corrected chi connectivity index (χ1v) is 7.96. The number of aryl methyl sites for hydroxylation is 1. The molecular formula is C21H17N3O. The van der Waals surface area contributed by atoms with Crippen LogP contribution in [-0.2, 0) is 6.54 Å². The van der Waals surface area contributed by atoms with Gasteiger partial charge in [-0.1, -0.05) is 42.0 Å². The fourth-order valence-corrected chi connectivity index (χ4v) is 2.48. The van der Waals surface area contributed by atoms with Gasteiger partial charge < -0.3 is 4.57 Å². The van der Waals surface area contributed by atoms with Gasteiger partial charge in [0.2, 0.25) is 0 Å². The van der Waals surface area contributed by atoms with Gasteiger partial charge in [-0.3, -0.25) is 4.79 Å². The second kappa shape index (κ2) is 7.41. The Kier molecular flexibility index (Phi) is 4.87. The van der Waals surface area contributed by atoms with Gasteiger partial charge in [-0.2, -0.15) is 10.3 Å². The van der Waals surface area contributed by atoms with Crippen molar-refractivity contribution >= 4 is 5.91 Å². The molecule has 3 rings (SSSR count). The van der Waals surface area contributed by atoms with Gasteiger partial charge in [-0.15, -0.1) is 0 Å². The molecule has 3 aromatic rings. The number of rotatable bonds is 3. The summed E-state index contributed by atoms with van der Waals surface area (Å²) in [6.45, 7) is 2.68. The predicted octanol–water partition coefficient (Wildman–Crippen LogP) is 3.46. The highest BCUT2D eigenvalue weighted by Crippen LogP contribution is 2.06. The fourth-order valence-electron chi connectivity index (χ4n) is 2.48. The number of amides is 1. The van der Waals surface area contributed by atoms with E-state index in [2.05, 4.69) is 29.3 Å². The van der Waals surface area contributed by atoms with E-state index in [1.54, 1.807) is 30.3 Å². The summed E-state index contributed by atoms with van der Waals surface area (Å²) in [5.41, 5.74) is 3.78. The van der Waals surface area contributed by atoms with Crippen molar-refractivity contribution in [3.8, 4) is 6.07 Å². The molecule has 1 amide bonds. The number of nitrogens with zero attached hydrogens (tertiary/aromatic N) is 3. The van der Waals surface area contributed by atoms with E-state index in [1.165, 1.54) is 5.56 Å². The average Bonchev–Trinajstić information content (AvgIpc) is 2.65. The number of benzene rings is 2. The third-order valence-electron chi connectivity index (χ3n) is 3.84. The Morgan fingerprint density at radius 3 is 2.64 bits per heavy atom. The van der Waals surface area contributed by atoms with Crippen molar-refractivity contribution in [2.24, 2.45) is 4.99 Å². The van der Waals surface area contributed by atoms with Crippen LogP contribution in [-0.4, -0.2) is 10.5 Å². The fraction of sp³-hybridized carbons (Fsp3) is 0.0952. The number of nitriles is 1. The van der Waals surface area contributed by atoms with Crippen LogP contribution in [0, 0.1) is 18.3 Å². The van der Waals surface area contributed by atoms with E-state index in [9.17, 15) is 4.79 Å². The second-order valence-electron chi connectivity index (χ2n) is 5.78. The Hall–Kier alpha value is -3.45. The summed E-state index contributed by atoms with van der Waals surface area (Å²) in [6, 6.07) is 22.4. The Balaban J connectivity index is 1.94. The lowest BCUT2D eigenvalue weighted by Gasteiger charge is -2.08. The van der Waals surface area contributed by atoms with Crippen molar-refractivity contribution in [3.63, 3.8) is 0 Å². The maximum absolute atomic E-state index is 12.4. The summed E-state index contributed by atoms with van der Waals surface area (Å²) >= 11 is 0. The number of aromatic nitrogens is 1. The second-order valence-corrected chi connectivity index (χ2v) is 5.78. The quantitative estimate of drug-likeness (QED) is 0.740. The summed E-state index contributed by atoms with van der Waals surface area (Å²) in [5, 5.41) is 8.97. The first kappa shape index (κ1) is 16.4. The standard InChI is InChI=1S/C21H17N3O/c1-16-8-10-17(11-9-16)15-24-12-3-2-7-20(24)23-21(25)19-6-4-5-18(13-19)14-22/h2-13H,15H2,1H3. The van der Waals surface area contributed by atoms with E-state index in [0.717, 1.165) is 5.56 Å². The van der Waals surface area contributed by atoms with Crippen LogP contribution in [0.1, 0.15) is 27.0 Å². The summed E-state index contributed by atoms with van der Waals surface area (Å²) in [6.07, 6.45) is 1.90. The smallest absolute Gasteiger partial charge is 0.278 e. The molecular weight excluding hydrogens is 310 g/mol. The maximum Gasteiger partial charge on any atom is 0.278 e. The summed E-state index contributed by atoms with van der Waals surface area (Å²) in [5.74, 6) is -0.360. The van der Waals surface area contributed by atoms with Crippen molar-refractivity contribution < 1.29 is 4.79 Å². The largest absolute Gasteiger partial charge is 0.328 e. The molecule has 0 spiro atoms. The van der Waals surface area contributed by atoms with Crippen molar-refractivity contribution in [1.82, 2.24) is 4.57 Å². The maximum atomic E-state index is 12.4. The Morgan fingerprint density at radius 1 is 1.08 bits per heavy atom. The van der Waals surface area contributed by atoms with Gasteiger partial charge in [0.05, 0.1) is 11.6 Å². The molecule has 0 radical (unpaired) electrons. The van der Waals surface area contributed by atoms with Gasteiger partial charge in [0.25, 0.3) is 5.91 Å². The normalized spacial score (nSPS) is 11.1. The SMILES string of the molecule is Cc1ccc(Cn2ccccc2=NC(=O)c2cccc(C#N)c2)cc1. The highest BCUT2D eigenvalue weighted by atomic mass is 16.1. The summed E-state index contributed by atoms with van der Waals surface area (Å²) in [4.78, 5) is 16.7. The van der Waals surface area contributed by atoms with Crippen LogP contribution < -0.4 is 5.49 Å². The number of hydrogen-bond acceptors (Lipinski definition) is 2. The van der Waals surface area contributed by atoms with Crippen LogP contribution >= 0.6 is 0 Å². The third-order valence-corrected chi connectivity index (χ3v) is 3.84. The van der Waals surface area contributed by atoms with Gasteiger partial charge >= 0.3 is 0 Å². The molecule has 0 atom stereocenters. The van der Waals surface area contributed by atoms with Gasteiger partial charge in [-0.05, 0) is 42.8 Å². The first-order valence-electron chi connectivity index (χ1n) is 7.96. The average molecular weight is 327 g/mol. The highest BCUT2D eigenvalue weighted by molar-refractivity contribution is 5.95. The zero-order valence-corrected chi connectivity index (χ0v) is 13.9. The minimum atomic E-state index is -0.360. The number of carbonyl (C=O) groups excluding carboxylic acids is 1. The Labute approximate surface area is 146 Å². The summed E-state index contributed by atoms with van der Waals surface area (Å²) in [7, 11) is 0. The molecule has 1 heterocycles. The molecule has 0 saturated carbocycles. The lowest BCUT2D eigenvalue weighted by atomic mass is 10.1. The van der Waals surface area contributed by atoms with Crippen molar-refractivity contribution in [3.05, 3.63) is 101 Å². The third kappa shape index (κ3) is 4.10. The minimum Gasteiger partial charge on any atom is -0.328 e. The summed E-state index contributed by atoms with van der Waals surface area (Å²) < 4.78 is 1.93. The van der Waals surface area contributed by atoms with Crippen molar-refractivity contribution in [2.75, 3.05) is 0 Å². The van der Waals surface area contributed by atoms with E-state index >= 15 is 0 Å². The molecule has 122 valence electrons. The van der Waals surface area contributed by atoms with E-state index in [0.29, 0.717) is 23.2 Å². The van der Waals surface area contributed by atoms with Gasteiger partial charge in [0, 0.05) is 18.3 Å². The van der Waals surface area contributed by atoms with Gasteiger partial charge in [0.15, 0.2) is 0 Å². The molecule has 0 aliphatic carbocycles. The molecule has 1 aromatic heterocycles. The molecule has 4 nitrogen and oxygen atoms in total. The lowest BCUT2D eigenvalue weighted by molar-refractivity contribution is 0.0997. The monoisotopic (exact) mass is 327 g/mol. The van der Waals surface area contributed by atoms with Crippen molar-refractivity contribution in [1.29, 1.82) is 5.26 Å². The molecule has 0 aliphatic heterocycles. The van der Waals surface area contributed by atoms with E-state index < -0.39 is 0 Å². The van der Waals surface area contributed by atoms with Gasteiger partial charge in [-0.25, -0.2) is 0 Å². The van der Waals surface area contributed by atoms with E-state index in [-0.39, 0.29) is 5.91 Å². The lowest BCUT2D eigenvalue weighted by Crippen LogP contribution is -2.22. The molecule has 0 N–H and O–H groups in total. The molecule has 0 unspecified atom stereocenters. The number of carbonyl (C=O) groups is 1.